The Bertz CT molecular complexity index is 983. The van der Waals surface area contributed by atoms with Crippen LogP contribution in [0.15, 0.2) is 78.9 Å². The summed E-state index contributed by atoms with van der Waals surface area (Å²) in [6.45, 7) is 0. The van der Waals surface area contributed by atoms with Crippen molar-refractivity contribution in [3.05, 3.63) is 101 Å². The van der Waals surface area contributed by atoms with E-state index in [0.29, 0.717) is 17.5 Å². The summed E-state index contributed by atoms with van der Waals surface area (Å²) in [6, 6.07) is 24.3. The molecule has 1 atom stereocenters. The monoisotopic (exact) mass is 357 g/mol. The highest BCUT2D eigenvalue weighted by atomic mass is 16.5. The normalized spacial score (nSPS) is 15.6. The van der Waals surface area contributed by atoms with Crippen LogP contribution in [0.25, 0.3) is 0 Å². The van der Waals surface area contributed by atoms with Gasteiger partial charge in [-0.1, -0.05) is 48.5 Å². The van der Waals surface area contributed by atoms with Crippen molar-refractivity contribution in [2.24, 2.45) is 0 Å². The molecule has 1 aliphatic rings. The molecular formula is C23H19NO3. The fourth-order valence-corrected chi connectivity index (χ4v) is 3.34. The van der Waals surface area contributed by atoms with Gasteiger partial charge in [-0.05, 0) is 41.5 Å². The number of ether oxygens (including phenoxy) is 1. The van der Waals surface area contributed by atoms with Crippen molar-refractivity contribution in [1.82, 2.24) is 0 Å². The first kappa shape index (κ1) is 17.0. The van der Waals surface area contributed by atoms with Crippen LogP contribution in [0, 0.1) is 0 Å². The summed E-state index contributed by atoms with van der Waals surface area (Å²) < 4.78 is 5.58. The molecule has 3 aromatic rings. The predicted molar refractivity (Wildman–Crippen MR) is 104 cm³/mol. The van der Waals surface area contributed by atoms with Gasteiger partial charge in [0, 0.05) is 24.7 Å². The first-order valence-electron chi connectivity index (χ1n) is 8.85. The Morgan fingerprint density at radius 1 is 0.963 bits per heavy atom. The van der Waals surface area contributed by atoms with Gasteiger partial charge >= 0.3 is 5.97 Å². The number of fused-ring (bicyclic) bond motifs is 1. The predicted octanol–water partition coefficient (Wildman–Crippen LogP) is 4.42. The fraction of sp³-hybridized carbons (Fsp3) is 0.130. The minimum absolute atomic E-state index is 0.112. The molecule has 0 bridgehead atoms. The van der Waals surface area contributed by atoms with E-state index in [4.69, 9.17) is 4.74 Å². The van der Waals surface area contributed by atoms with Crippen LogP contribution >= 0.6 is 0 Å². The van der Waals surface area contributed by atoms with E-state index in [0.717, 1.165) is 16.8 Å². The Labute approximate surface area is 158 Å². The van der Waals surface area contributed by atoms with Crippen LogP contribution < -0.4 is 4.90 Å². The summed E-state index contributed by atoms with van der Waals surface area (Å²) in [6.07, 6.45) is 0.227. The Hall–Kier alpha value is -3.40. The van der Waals surface area contributed by atoms with Gasteiger partial charge in [0.1, 0.15) is 6.10 Å². The van der Waals surface area contributed by atoms with Crippen LogP contribution in [0.3, 0.4) is 0 Å². The molecule has 0 saturated heterocycles. The summed E-state index contributed by atoms with van der Waals surface area (Å²) >= 11 is 0. The number of carbonyl (C=O) groups excluding carboxylic acids is 2. The molecule has 0 N–H and O–H groups in total. The van der Waals surface area contributed by atoms with E-state index in [1.807, 2.05) is 66.7 Å². The second kappa shape index (κ2) is 7.08. The van der Waals surface area contributed by atoms with Crippen molar-refractivity contribution < 1.29 is 14.3 Å². The SMILES string of the molecule is CN(C(=O)c1ccc2c(c1)C[C@H](c1ccccc1)OC2=O)c1ccccc1. The number of anilines is 1. The Balaban J connectivity index is 1.63. The third-order valence-electron chi connectivity index (χ3n) is 4.85. The molecule has 134 valence electrons. The number of carbonyl (C=O) groups is 2. The van der Waals surface area contributed by atoms with E-state index in [1.165, 1.54) is 0 Å². The smallest absolute Gasteiger partial charge is 0.339 e. The highest BCUT2D eigenvalue weighted by Gasteiger charge is 2.28. The van der Waals surface area contributed by atoms with Gasteiger partial charge in [-0.25, -0.2) is 4.79 Å². The number of amides is 1. The van der Waals surface area contributed by atoms with Crippen LogP contribution in [0.2, 0.25) is 0 Å². The fourth-order valence-electron chi connectivity index (χ4n) is 3.34. The maximum absolute atomic E-state index is 12.9. The van der Waals surface area contributed by atoms with E-state index in [-0.39, 0.29) is 18.0 Å². The van der Waals surface area contributed by atoms with Crippen LogP contribution in [0.4, 0.5) is 5.69 Å². The van der Waals surface area contributed by atoms with Gasteiger partial charge in [0.2, 0.25) is 0 Å². The van der Waals surface area contributed by atoms with Gasteiger partial charge in [0.15, 0.2) is 0 Å². The molecule has 0 aliphatic carbocycles. The molecule has 1 aliphatic heterocycles. The van der Waals surface area contributed by atoms with Crippen molar-refractivity contribution in [2.75, 3.05) is 11.9 Å². The number of rotatable bonds is 3. The molecule has 1 heterocycles. The summed E-state index contributed by atoms with van der Waals surface area (Å²) in [5.41, 5.74) is 3.70. The summed E-state index contributed by atoms with van der Waals surface area (Å²) in [4.78, 5) is 26.9. The number of hydrogen-bond acceptors (Lipinski definition) is 3. The molecule has 1 amide bonds. The van der Waals surface area contributed by atoms with Crippen LogP contribution in [0.5, 0.6) is 0 Å². The lowest BCUT2D eigenvalue weighted by Crippen LogP contribution is -2.27. The van der Waals surface area contributed by atoms with Gasteiger partial charge in [-0.2, -0.15) is 0 Å². The molecular weight excluding hydrogens is 338 g/mol. The maximum atomic E-state index is 12.9. The average molecular weight is 357 g/mol. The molecule has 0 fully saturated rings. The molecule has 3 aromatic carbocycles. The molecule has 27 heavy (non-hydrogen) atoms. The lowest BCUT2D eigenvalue weighted by Gasteiger charge is -2.26. The quantitative estimate of drug-likeness (QED) is 0.652. The Kier molecular flexibility index (Phi) is 4.47. The lowest BCUT2D eigenvalue weighted by molar-refractivity contribution is 0.0252. The maximum Gasteiger partial charge on any atom is 0.339 e. The molecule has 4 heteroatoms. The standard InChI is InChI=1S/C23H19NO3/c1-24(19-10-6-3-7-11-19)22(25)17-12-13-20-18(14-17)15-21(27-23(20)26)16-8-4-2-5-9-16/h2-14,21H,15H2,1H3/t21-/m1/s1. The molecule has 0 spiro atoms. The highest BCUT2D eigenvalue weighted by Crippen LogP contribution is 2.31. The number of nitrogens with zero attached hydrogens (tertiary/aromatic N) is 1. The lowest BCUT2D eigenvalue weighted by atomic mass is 9.93. The molecule has 0 saturated carbocycles. The van der Waals surface area contributed by atoms with Gasteiger partial charge in [0.25, 0.3) is 5.91 Å². The Morgan fingerprint density at radius 3 is 2.33 bits per heavy atom. The topological polar surface area (TPSA) is 46.6 Å². The van der Waals surface area contributed by atoms with Crippen molar-refractivity contribution in [2.45, 2.75) is 12.5 Å². The summed E-state index contributed by atoms with van der Waals surface area (Å²) in [7, 11) is 1.75. The third kappa shape index (κ3) is 3.34. The number of para-hydroxylation sites is 1. The van der Waals surface area contributed by atoms with Crippen LogP contribution in [-0.2, 0) is 11.2 Å². The first-order valence-corrected chi connectivity index (χ1v) is 8.85. The second-order valence-corrected chi connectivity index (χ2v) is 6.58. The van der Waals surface area contributed by atoms with Crippen LogP contribution in [-0.4, -0.2) is 18.9 Å². The number of cyclic esters (lactones) is 1. The minimum Gasteiger partial charge on any atom is -0.454 e. The minimum atomic E-state index is -0.347. The molecule has 0 unspecified atom stereocenters. The number of benzene rings is 3. The average Bonchev–Trinajstić information content (AvgIpc) is 2.73. The highest BCUT2D eigenvalue weighted by molar-refractivity contribution is 6.06. The van der Waals surface area contributed by atoms with Crippen LogP contribution in [0.1, 0.15) is 37.9 Å². The number of esters is 1. The van der Waals surface area contributed by atoms with E-state index in [9.17, 15) is 9.59 Å². The third-order valence-corrected chi connectivity index (χ3v) is 4.85. The molecule has 0 aromatic heterocycles. The molecule has 4 rings (SSSR count). The van der Waals surface area contributed by atoms with Gasteiger partial charge in [0.05, 0.1) is 5.56 Å². The summed E-state index contributed by atoms with van der Waals surface area (Å²) in [5.74, 6) is -0.459. The molecule has 0 radical (unpaired) electrons. The zero-order valence-electron chi connectivity index (χ0n) is 15.0. The first-order chi connectivity index (χ1) is 13.1. The Morgan fingerprint density at radius 2 is 1.63 bits per heavy atom. The van der Waals surface area contributed by atoms with Gasteiger partial charge < -0.3 is 9.64 Å². The zero-order chi connectivity index (χ0) is 18.8. The number of hydrogen-bond donors (Lipinski definition) is 0. The van der Waals surface area contributed by atoms with Gasteiger partial charge in [-0.3, -0.25) is 4.79 Å². The van der Waals surface area contributed by atoms with Crippen molar-refractivity contribution in [3.8, 4) is 0 Å². The largest absolute Gasteiger partial charge is 0.454 e. The van der Waals surface area contributed by atoms with E-state index in [2.05, 4.69) is 0 Å². The van der Waals surface area contributed by atoms with Crippen molar-refractivity contribution >= 4 is 17.6 Å². The van der Waals surface area contributed by atoms with E-state index in [1.54, 1.807) is 24.1 Å². The van der Waals surface area contributed by atoms with E-state index >= 15 is 0 Å². The van der Waals surface area contributed by atoms with E-state index < -0.39 is 0 Å². The zero-order valence-corrected chi connectivity index (χ0v) is 15.0. The molecule has 4 nitrogen and oxygen atoms in total. The van der Waals surface area contributed by atoms with Crippen molar-refractivity contribution in [1.29, 1.82) is 0 Å². The second-order valence-electron chi connectivity index (χ2n) is 6.58. The summed E-state index contributed by atoms with van der Waals surface area (Å²) in [5, 5.41) is 0. The van der Waals surface area contributed by atoms with Crippen molar-refractivity contribution in [3.63, 3.8) is 0 Å². The van der Waals surface area contributed by atoms with Gasteiger partial charge in [-0.15, -0.1) is 0 Å².